The first kappa shape index (κ1) is 33.9. The highest BCUT2D eigenvalue weighted by Gasteiger charge is 2.32. The van der Waals surface area contributed by atoms with Gasteiger partial charge in [0.05, 0.1) is 38.2 Å². The lowest BCUT2D eigenvalue weighted by Gasteiger charge is -2.28. The second-order valence-electron chi connectivity index (χ2n) is 9.97. The highest BCUT2D eigenvalue weighted by atomic mass is 35.5. The minimum Gasteiger partial charge on any atom is -0.490 e. The second kappa shape index (κ2) is 16.4. The molecule has 1 aliphatic heterocycles. The normalized spacial score (nSPS) is 15.1. The number of ether oxygens (including phenoxy) is 5. The first-order valence-electron chi connectivity index (χ1n) is 14.6. The molecule has 3 aromatic rings. The fraction of sp³-hybridized carbons (Fsp3) is 0.303. The first-order chi connectivity index (χ1) is 22.2. The summed E-state index contributed by atoms with van der Waals surface area (Å²) in [4.78, 5) is 24.6. The van der Waals surface area contributed by atoms with Crippen molar-refractivity contribution in [3.63, 3.8) is 0 Å². The average molecular weight is 653 g/mol. The molecule has 0 unspecified atom stereocenters. The number of halogens is 1. The van der Waals surface area contributed by atoms with Gasteiger partial charge in [-0.25, -0.2) is 9.59 Å². The monoisotopic (exact) mass is 652 g/mol. The van der Waals surface area contributed by atoms with Crippen LogP contribution in [0.2, 0.25) is 5.02 Å². The lowest BCUT2D eigenvalue weighted by molar-refractivity contribution is -0.136. The Balaban J connectivity index is 1.37. The first-order valence-corrected chi connectivity index (χ1v) is 15.0. The molecule has 46 heavy (non-hydrogen) atoms. The third-order valence-electron chi connectivity index (χ3n) is 6.66. The van der Waals surface area contributed by atoms with Gasteiger partial charge in [0.1, 0.15) is 13.2 Å². The van der Waals surface area contributed by atoms with Gasteiger partial charge < -0.3 is 39.4 Å². The van der Waals surface area contributed by atoms with Gasteiger partial charge in [0.15, 0.2) is 29.2 Å². The van der Waals surface area contributed by atoms with Gasteiger partial charge in [-0.15, -0.1) is 0 Å². The van der Waals surface area contributed by atoms with Gasteiger partial charge in [0.25, 0.3) is 0 Å². The van der Waals surface area contributed by atoms with Gasteiger partial charge >= 0.3 is 12.0 Å². The highest BCUT2D eigenvalue weighted by Crippen LogP contribution is 2.35. The standard InChI is InChI=1S/C33H37ClN4O8/c1-5-43-27-15-21(10-12-25(27)45-18-22-8-7-9-24(34)14-22)17-35-38-29(39)19-46-26-13-11-23(16-28(26)44-6-2)31-30(32(40)42-4)20(3)36-33(41)37-31/h7-17,29,31,38-39H,5-6,18-19H2,1-4H3,(H2,36,37,41)/b35-17+/t29-,31-/m1/s1. The Labute approximate surface area is 272 Å². The molecular formula is C33H37ClN4O8. The number of carbonyl (C=O) groups excluding carboxylic acids is 2. The summed E-state index contributed by atoms with van der Waals surface area (Å²) in [6.45, 7) is 6.27. The van der Waals surface area contributed by atoms with Crippen molar-refractivity contribution < 1.29 is 38.4 Å². The summed E-state index contributed by atoms with van der Waals surface area (Å²) in [6, 6.07) is 16.6. The molecule has 0 saturated carbocycles. The molecule has 0 fully saturated rings. The molecule has 12 nitrogen and oxygen atoms in total. The van der Waals surface area contributed by atoms with Crippen LogP contribution in [-0.2, 0) is 16.1 Å². The molecule has 1 aliphatic rings. The topological polar surface area (TPSA) is 149 Å². The number of nitrogens with zero attached hydrogens (tertiary/aromatic N) is 1. The molecule has 244 valence electrons. The minimum atomic E-state index is -1.16. The van der Waals surface area contributed by atoms with Crippen LogP contribution in [0.15, 0.2) is 77.0 Å². The number of hydrogen-bond acceptors (Lipinski definition) is 10. The van der Waals surface area contributed by atoms with Gasteiger partial charge in [-0.3, -0.25) is 5.43 Å². The van der Waals surface area contributed by atoms with Crippen LogP contribution >= 0.6 is 11.6 Å². The van der Waals surface area contributed by atoms with Crippen LogP contribution in [0.25, 0.3) is 0 Å². The molecule has 0 saturated heterocycles. The smallest absolute Gasteiger partial charge is 0.337 e. The van der Waals surface area contributed by atoms with Gasteiger partial charge in [0, 0.05) is 10.7 Å². The number of hydrogen-bond donors (Lipinski definition) is 4. The Kier molecular flexibility index (Phi) is 12.1. The summed E-state index contributed by atoms with van der Waals surface area (Å²) in [5.74, 6) is 1.27. The van der Waals surface area contributed by atoms with Crippen LogP contribution in [0.5, 0.6) is 23.0 Å². The molecular weight excluding hydrogens is 616 g/mol. The number of aliphatic hydroxyl groups excluding tert-OH is 1. The molecule has 13 heteroatoms. The minimum absolute atomic E-state index is 0.159. The molecule has 4 rings (SSSR count). The zero-order valence-electron chi connectivity index (χ0n) is 26.0. The van der Waals surface area contributed by atoms with Gasteiger partial charge in [-0.1, -0.05) is 29.8 Å². The number of rotatable bonds is 15. The van der Waals surface area contributed by atoms with Gasteiger partial charge in [0.2, 0.25) is 0 Å². The van der Waals surface area contributed by atoms with E-state index in [0.29, 0.717) is 64.7 Å². The predicted octanol–water partition coefficient (Wildman–Crippen LogP) is 4.84. The molecule has 0 aliphatic carbocycles. The van der Waals surface area contributed by atoms with E-state index in [1.165, 1.54) is 13.3 Å². The molecule has 0 aromatic heterocycles. The average Bonchev–Trinajstić information content (AvgIpc) is 3.03. The maximum atomic E-state index is 12.5. The van der Waals surface area contributed by atoms with E-state index in [1.54, 1.807) is 43.3 Å². The molecule has 2 atom stereocenters. The van der Waals surface area contributed by atoms with Crippen molar-refractivity contribution in [3.05, 3.63) is 93.6 Å². The summed E-state index contributed by atoms with van der Waals surface area (Å²) in [6.07, 6.45) is 0.381. The quantitative estimate of drug-likeness (QED) is 0.0783. The number of urea groups is 1. The summed E-state index contributed by atoms with van der Waals surface area (Å²) in [5.41, 5.74) is 5.52. The maximum absolute atomic E-state index is 12.5. The predicted molar refractivity (Wildman–Crippen MR) is 172 cm³/mol. The van der Waals surface area contributed by atoms with Crippen LogP contribution in [-0.4, -0.2) is 56.5 Å². The van der Waals surface area contributed by atoms with E-state index in [2.05, 4.69) is 21.2 Å². The van der Waals surface area contributed by atoms with E-state index in [4.69, 9.17) is 35.3 Å². The fourth-order valence-electron chi connectivity index (χ4n) is 4.60. The van der Waals surface area contributed by atoms with E-state index in [1.807, 2.05) is 38.1 Å². The lowest BCUT2D eigenvalue weighted by atomic mass is 9.95. The third kappa shape index (κ3) is 9.05. The van der Waals surface area contributed by atoms with Crippen LogP contribution in [0.3, 0.4) is 0 Å². The van der Waals surface area contributed by atoms with Crippen LogP contribution in [0.1, 0.15) is 43.5 Å². The summed E-state index contributed by atoms with van der Waals surface area (Å²) < 4.78 is 28.2. The fourth-order valence-corrected chi connectivity index (χ4v) is 4.81. The molecule has 0 radical (unpaired) electrons. The Morgan fingerprint density at radius 2 is 1.72 bits per heavy atom. The van der Waals surface area contributed by atoms with Crippen LogP contribution in [0.4, 0.5) is 4.79 Å². The van der Waals surface area contributed by atoms with Crippen molar-refractivity contribution in [2.45, 2.75) is 39.6 Å². The number of benzene rings is 3. The molecule has 2 amide bonds. The van der Waals surface area contributed by atoms with E-state index in [-0.39, 0.29) is 12.2 Å². The van der Waals surface area contributed by atoms with Crippen molar-refractivity contribution in [1.82, 2.24) is 16.1 Å². The Morgan fingerprint density at radius 3 is 2.43 bits per heavy atom. The lowest BCUT2D eigenvalue weighted by Crippen LogP contribution is -2.45. The van der Waals surface area contributed by atoms with Crippen molar-refractivity contribution >= 4 is 29.8 Å². The molecule has 3 aromatic carbocycles. The van der Waals surface area contributed by atoms with Crippen molar-refractivity contribution in [2.24, 2.45) is 5.10 Å². The molecule has 1 heterocycles. The Bertz CT molecular complexity index is 1600. The van der Waals surface area contributed by atoms with E-state index in [0.717, 1.165) is 5.56 Å². The van der Waals surface area contributed by atoms with E-state index >= 15 is 0 Å². The Morgan fingerprint density at radius 1 is 1.00 bits per heavy atom. The largest absolute Gasteiger partial charge is 0.490 e. The highest BCUT2D eigenvalue weighted by molar-refractivity contribution is 6.30. The van der Waals surface area contributed by atoms with Crippen LogP contribution < -0.4 is 35.0 Å². The second-order valence-corrected chi connectivity index (χ2v) is 10.4. The number of hydrazone groups is 1. The number of methoxy groups -OCH3 is 1. The summed E-state index contributed by atoms with van der Waals surface area (Å²) in [5, 5.41) is 20.6. The van der Waals surface area contributed by atoms with E-state index in [9.17, 15) is 14.7 Å². The van der Waals surface area contributed by atoms with Crippen molar-refractivity contribution in [2.75, 3.05) is 26.9 Å². The summed E-state index contributed by atoms with van der Waals surface area (Å²) in [7, 11) is 1.27. The van der Waals surface area contributed by atoms with Gasteiger partial charge in [-0.05, 0) is 79.9 Å². The molecule has 0 spiro atoms. The van der Waals surface area contributed by atoms with E-state index < -0.39 is 24.3 Å². The Hall–Kier alpha value is -4.94. The zero-order valence-corrected chi connectivity index (χ0v) is 26.7. The third-order valence-corrected chi connectivity index (χ3v) is 6.90. The number of allylic oxidation sites excluding steroid dienone is 1. The van der Waals surface area contributed by atoms with Crippen molar-refractivity contribution in [1.29, 1.82) is 0 Å². The molecule has 0 bridgehead atoms. The number of aliphatic hydroxyl groups is 1. The zero-order chi connectivity index (χ0) is 33.1. The maximum Gasteiger partial charge on any atom is 0.337 e. The van der Waals surface area contributed by atoms with Crippen molar-refractivity contribution in [3.8, 4) is 23.0 Å². The number of amides is 2. The number of nitrogens with one attached hydrogen (secondary N) is 3. The molecule has 4 N–H and O–H groups in total. The SMILES string of the molecule is CCOc1cc(/C=N/N[C@H](O)COc2ccc([C@H]3NC(=O)NC(C)=C3C(=O)OC)cc2OCC)ccc1OCc1cccc(Cl)c1. The van der Waals surface area contributed by atoms with Gasteiger partial charge in [-0.2, -0.15) is 5.10 Å². The summed E-state index contributed by atoms with van der Waals surface area (Å²) >= 11 is 6.07. The number of carbonyl (C=O) groups is 2. The number of esters is 1. The van der Waals surface area contributed by atoms with Crippen LogP contribution in [0, 0.1) is 0 Å².